The maximum atomic E-state index is 13.2. The lowest BCUT2D eigenvalue weighted by Gasteiger charge is -2.47. The van der Waals surface area contributed by atoms with Gasteiger partial charge in [-0.2, -0.15) is 0 Å². The van der Waals surface area contributed by atoms with Crippen molar-refractivity contribution in [3.05, 3.63) is 10.6 Å². The molecule has 9 atom stereocenters. The molecular weight excluding hydrogens is 496 g/mol. The summed E-state index contributed by atoms with van der Waals surface area (Å²) < 4.78 is 0. The second-order valence-electron chi connectivity index (χ2n) is 11.4. The Bertz CT molecular complexity index is 1020. The average molecular weight is 535 g/mol. The zero-order chi connectivity index (χ0) is 26.6. The number of amides is 2. The van der Waals surface area contributed by atoms with E-state index in [0.29, 0.717) is 43.9 Å². The Morgan fingerprint density at radius 2 is 1.86 bits per heavy atom. The van der Waals surface area contributed by atoms with Gasteiger partial charge in [0.05, 0.1) is 24.0 Å². The molecule has 0 aliphatic carbocycles. The van der Waals surface area contributed by atoms with Gasteiger partial charge in [0.15, 0.2) is 0 Å². The van der Waals surface area contributed by atoms with Crippen LogP contribution in [0.25, 0.3) is 0 Å². The molecule has 7 N–H and O–H groups in total. The van der Waals surface area contributed by atoms with Crippen LogP contribution in [0.1, 0.15) is 39.5 Å². The van der Waals surface area contributed by atoms with Gasteiger partial charge in [-0.15, -0.1) is 11.8 Å². The predicted octanol–water partition coefficient (Wildman–Crippen LogP) is -0.933. The van der Waals surface area contributed by atoms with Crippen LogP contribution in [0.5, 0.6) is 0 Å². The second-order valence-corrected chi connectivity index (χ2v) is 12.7. The molecular formula is C25H38N6O5S. The molecule has 12 heteroatoms. The molecule has 0 spiro atoms. The lowest BCUT2D eigenvalue weighted by Crippen LogP contribution is -2.62. The molecule has 0 saturated carbocycles. The minimum atomic E-state index is -1.11. The maximum absolute atomic E-state index is 13.2. The minimum absolute atomic E-state index is 0.0258. The summed E-state index contributed by atoms with van der Waals surface area (Å²) in [5.74, 6) is -1.95. The predicted molar refractivity (Wildman–Crippen MR) is 138 cm³/mol. The average Bonchev–Trinajstić information content (AvgIpc) is 3.62. The van der Waals surface area contributed by atoms with Crippen molar-refractivity contribution in [2.75, 3.05) is 26.2 Å². The Hall–Kier alpha value is -1.99. The van der Waals surface area contributed by atoms with E-state index in [9.17, 15) is 24.3 Å². The van der Waals surface area contributed by atoms with E-state index in [4.69, 9.17) is 11.5 Å². The number of carbonyl (C=O) groups excluding carboxylic acids is 3. The number of carboxylic acids is 1. The number of nitrogens with two attached hydrogens (primary N) is 2. The van der Waals surface area contributed by atoms with Crippen LogP contribution in [-0.2, 0) is 19.2 Å². The van der Waals surface area contributed by atoms with Crippen LogP contribution in [0.15, 0.2) is 10.6 Å². The van der Waals surface area contributed by atoms with Crippen LogP contribution in [0.4, 0.5) is 0 Å². The van der Waals surface area contributed by atoms with E-state index in [1.807, 2.05) is 18.7 Å². The fourth-order valence-corrected chi connectivity index (χ4v) is 8.21. The number of rotatable bonds is 8. The number of carboxylic acid groups (broad SMARTS) is 1. The first kappa shape index (κ1) is 26.6. The molecule has 4 fully saturated rings. The monoisotopic (exact) mass is 534 g/mol. The van der Waals surface area contributed by atoms with E-state index in [1.54, 1.807) is 0 Å². The van der Waals surface area contributed by atoms with Crippen molar-refractivity contribution in [3.63, 3.8) is 0 Å². The number of nitrogens with zero attached hydrogens (tertiary/aromatic N) is 2. The Kier molecular flexibility index (Phi) is 7.40. The summed E-state index contributed by atoms with van der Waals surface area (Å²) in [5, 5.41) is 16.5. The number of β-lactam (4-membered cyclic amide) rings is 1. The maximum Gasteiger partial charge on any atom is 0.353 e. The smallest absolute Gasteiger partial charge is 0.353 e. The summed E-state index contributed by atoms with van der Waals surface area (Å²) in [6.45, 7) is 6.33. The topological polar surface area (TPSA) is 171 Å². The van der Waals surface area contributed by atoms with Gasteiger partial charge in [-0.25, -0.2) is 4.79 Å². The molecule has 5 rings (SSSR count). The van der Waals surface area contributed by atoms with Crippen LogP contribution in [0.3, 0.4) is 0 Å². The molecule has 5 heterocycles. The van der Waals surface area contributed by atoms with E-state index in [-0.39, 0.29) is 77.0 Å². The molecule has 204 valence electrons. The van der Waals surface area contributed by atoms with Crippen molar-refractivity contribution in [2.24, 2.45) is 29.2 Å². The molecule has 0 aromatic carbocycles. The van der Waals surface area contributed by atoms with Gasteiger partial charge in [-0.05, 0) is 25.2 Å². The van der Waals surface area contributed by atoms with Gasteiger partial charge in [-0.1, -0.05) is 13.8 Å². The van der Waals surface area contributed by atoms with E-state index in [1.165, 1.54) is 16.7 Å². The Morgan fingerprint density at radius 1 is 1.14 bits per heavy atom. The summed E-state index contributed by atoms with van der Waals surface area (Å²) in [7, 11) is 0. The molecule has 5 aliphatic rings. The van der Waals surface area contributed by atoms with E-state index in [2.05, 4.69) is 10.6 Å². The lowest BCUT2D eigenvalue weighted by atomic mass is 9.73. The summed E-state index contributed by atoms with van der Waals surface area (Å²) >= 11 is 1.48. The highest BCUT2D eigenvalue weighted by Gasteiger charge is 2.60. The Labute approximate surface area is 221 Å². The number of hydrogen-bond donors (Lipinski definition) is 5. The van der Waals surface area contributed by atoms with E-state index >= 15 is 0 Å². The second kappa shape index (κ2) is 10.3. The first-order valence-electron chi connectivity index (χ1n) is 13.3. The quantitative estimate of drug-likeness (QED) is 0.245. The number of nitrogens with one attached hydrogen (secondary N) is 2. The van der Waals surface area contributed by atoms with Crippen molar-refractivity contribution < 1.29 is 24.3 Å². The van der Waals surface area contributed by atoms with Crippen molar-refractivity contribution in [3.8, 4) is 0 Å². The molecule has 4 saturated heterocycles. The highest BCUT2D eigenvalue weighted by atomic mass is 32.2. The number of ketones is 1. The normalized spacial score (nSPS) is 38.2. The van der Waals surface area contributed by atoms with Gasteiger partial charge < -0.3 is 37.0 Å². The van der Waals surface area contributed by atoms with Gasteiger partial charge in [0, 0.05) is 60.8 Å². The minimum Gasteiger partial charge on any atom is -0.477 e. The van der Waals surface area contributed by atoms with Gasteiger partial charge in [0.1, 0.15) is 11.5 Å². The zero-order valence-corrected chi connectivity index (χ0v) is 22.2. The highest BCUT2D eigenvalue weighted by molar-refractivity contribution is 8.03. The molecule has 0 bridgehead atoms. The van der Waals surface area contributed by atoms with Gasteiger partial charge in [-0.3, -0.25) is 14.4 Å². The third-order valence-electron chi connectivity index (χ3n) is 8.70. The van der Waals surface area contributed by atoms with E-state index in [0.717, 1.165) is 6.42 Å². The van der Waals surface area contributed by atoms with E-state index < -0.39 is 11.9 Å². The third kappa shape index (κ3) is 4.82. The summed E-state index contributed by atoms with van der Waals surface area (Å²) in [4.78, 5) is 55.1. The molecule has 0 aromatic heterocycles. The number of aliphatic carboxylic acids is 1. The summed E-state index contributed by atoms with van der Waals surface area (Å²) in [6, 6.07) is -0.846. The van der Waals surface area contributed by atoms with Crippen molar-refractivity contribution in [1.29, 1.82) is 0 Å². The largest absolute Gasteiger partial charge is 0.477 e. The first-order valence-corrected chi connectivity index (χ1v) is 14.2. The van der Waals surface area contributed by atoms with Crippen molar-refractivity contribution >= 4 is 35.3 Å². The van der Waals surface area contributed by atoms with Gasteiger partial charge in [0.2, 0.25) is 11.8 Å². The third-order valence-corrected chi connectivity index (χ3v) is 10.2. The van der Waals surface area contributed by atoms with Crippen molar-refractivity contribution in [2.45, 2.75) is 75.0 Å². The fraction of sp³-hybridized carbons (Fsp3) is 0.760. The van der Waals surface area contributed by atoms with Gasteiger partial charge >= 0.3 is 5.97 Å². The molecule has 1 unspecified atom stereocenters. The molecule has 2 amide bonds. The van der Waals surface area contributed by atoms with Crippen LogP contribution in [-0.4, -0.2) is 100 Å². The highest BCUT2D eigenvalue weighted by Crippen LogP contribution is 2.53. The van der Waals surface area contributed by atoms with Crippen LogP contribution < -0.4 is 22.1 Å². The van der Waals surface area contributed by atoms with Crippen LogP contribution >= 0.6 is 11.8 Å². The van der Waals surface area contributed by atoms with Crippen LogP contribution in [0, 0.1) is 17.8 Å². The fourth-order valence-electron chi connectivity index (χ4n) is 6.73. The number of carbonyl (C=O) groups is 4. The number of fused-ring (bicyclic) bond motifs is 1. The molecule has 11 nitrogen and oxygen atoms in total. The molecule has 0 aromatic rings. The SMILES string of the molecule is C[C@@H](CC(=O)[C@@H]1C[C@H](N)CN1)[C@H]1C(=O)N2C(C(=O)O)=C(SC3CN[C@H](C(=O)N4CC[C@H](N)C4)C3)[C@H](C)[C@H]12. The summed E-state index contributed by atoms with van der Waals surface area (Å²) in [6.07, 6.45) is 2.27. The molecule has 37 heavy (non-hydrogen) atoms. The Morgan fingerprint density at radius 3 is 2.49 bits per heavy atom. The number of Topliss-reactive ketones (excluding diaryl/α,β-unsaturated/α-hetero) is 1. The van der Waals surface area contributed by atoms with Gasteiger partial charge in [0.25, 0.3) is 0 Å². The molecule has 0 radical (unpaired) electrons. The zero-order valence-electron chi connectivity index (χ0n) is 21.4. The Balaban J connectivity index is 1.23. The number of hydrogen-bond acceptors (Lipinski definition) is 9. The standard InChI is InChI=1S/C25H38N6O5S/c1-11(5-18(32)16-6-14(27)8-28-16)19-20-12(2)22(21(25(35)36)31(20)24(19)34)37-15-7-17(29-9-15)23(33)30-4-3-13(26)10-30/h11-17,19-20,28-29H,3-10,26-27H2,1-2H3,(H,35,36)/t11-,12+,13-,14-,15?,16-,17-,19+,20+/m0/s1. The number of thioether (sulfide) groups is 1. The summed E-state index contributed by atoms with van der Waals surface area (Å²) in [5.41, 5.74) is 11.9. The number of likely N-dealkylation sites (tertiary alicyclic amines) is 1. The van der Waals surface area contributed by atoms with Crippen LogP contribution in [0.2, 0.25) is 0 Å². The molecule has 5 aliphatic heterocycles. The first-order chi connectivity index (χ1) is 17.6. The van der Waals surface area contributed by atoms with Crippen molar-refractivity contribution in [1.82, 2.24) is 20.4 Å². The lowest BCUT2D eigenvalue weighted by molar-refractivity contribution is -0.160.